The van der Waals surface area contributed by atoms with Gasteiger partial charge in [0, 0.05) is 36.3 Å². The maximum absolute atomic E-state index is 13.3. The van der Waals surface area contributed by atoms with Gasteiger partial charge in [-0.15, -0.1) is 0 Å². The highest BCUT2D eigenvalue weighted by Crippen LogP contribution is 2.23. The predicted molar refractivity (Wildman–Crippen MR) is 119 cm³/mol. The molecule has 2 aromatic rings. The number of nitrogens with one attached hydrogen (secondary N) is 2. The third-order valence-corrected chi connectivity index (χ3v) is 6.38. The van der Waals surface area contributed by atoms with E-state index in [2.05, 4.69) is 15.6 Å². The molecule has 0 atom stereocenters. The minimum atomic E-state index is -0.0575. The molecule has 0 spiro atoms. The minimum Gasteiger partial charge on any atom is -0.338 e. The fraction of sp³-hybridized carbons (Fsp3) is 0.542. The second kappa shape index (κ2) is 9.02. The van der Waals surface area contributed by atoms with Gasteiger partial charge in [0.2, 0.25) is 0 Å². The second-order valence-electron chi connectivity index (χ2n) is 8.85. The van der Waals surface area contributed by atoms with Crippen molar-refractivity contribution in [2.45, 2.75) is 70.9 Å². The van der Waals surface area contributed by atoms with Gasteiger partial charge in [-0.2, -0.15) is 0 Å². The van der Waals surface area contributed by atoms with Crippen LogP contribution in [0.15, 0.2) is 24.3 Å². The molecule has 2 aliphatic rings. The van der Waals surface area contributed by atoms with Crippen LogP contribution < -0.4 is 10.6 Å². The summed E-state index contributed by atoms with van der Waals surface area (Å²) in [6.45, 7) is 5.27. The summed E-state index contributed by atoms with van der Waals surface area (Å²) in [5.41, 5.74) is 3.56. The first-order valence-electron chi connectivity index (χ1n) is 11.2. The topological polar surface area (TPSA) is 74.3 Å². The van der Waals surface area contributed by atoms with Crippen molar-refractivity contribution in [3.05, 3.63) is 41.1 Å². The van der Waals surface area contributed by atoms with Crippen LogP contribution in [0.2, 0.25) is 0 Å². The van der Waals surface area contributed by atoms with E-state index >= 15 is 0 Å². The Morgan fingerprint density at radius 1 is 0.933 bits per heavy atom. The van der Waals surface area contributed by atoms with E-state index in [0.29, 0.717) is 19.1 Å². The number of piperidine rings is 1. The number of pyridine rings is 1. The van der Waals surface area contributed by atoms with Gasteiger partial charge >= 0.3 is 6.03 Å². The number of fused-ring (bicyclic) bond motifs is 1. The Kier molecular flexibility index (Phi) is 6.21. The van der Waals surface area contributed by atoms with E-state index in [0.717, 1.165) is 53.4 Å². The van der Waals surface area contributed by atoms with Gasteiger partial charge in [0.05, 0.1) is 11.1 Å². The molecule has 1 aromatic carbocycles. The highest BCUT2D eigenvalue weighted by molar-refractivity contribution is 6.06. The number of nitrogens with zero attached hydrogens (tertiary/aromatic N) is 2. The molecule has 2 fully saturated rings. The van der Waals surface area contributed by atoms with Gasteiger partial charge < -0.3 is 15.5 Å². The van der Waals surface area contributed by atoms with Gasteiger partial charge in [0.1, 0.15) is 0 Å². The molecule has 6 heteroatoms. The first-order valence-corrected chi connectivity index (χ1v) is 11.2. The Labute approximate surface area is 178 Å². The summed E-state index contributed by atoms with van der Waals surface area (Å²) in [7, 11) is 0. The standard InChI is InChI=1S/C24H32N4O2/c1-16-8-9-22-20(14-16)21(15-17(2)25-22)23(29)28-12-10-19(11-13-28)27-24(30)26-18-6-4-3-5-7-18/h8-9,14-15,18-19H,3-7,10-13H2,1-2H3,(H2,26,27,30). The quantitative estimate of drug-likeness (QED) is 0.803. The van der Waals surface area contributed by atoms with E-state index < -0.39 is 0 Å². The van der Waals surface area contributed by atoms with Crippen LogP contribution in [0.1, 0.15) is 66.6 Å². The van der Waals surface area contributed by atoms with Gasteiger partial charge in [-0.3, -0.25) is 9.78 Å². The average molecular weight is 409 g/mol. The third kappa shape index (κ3) is 4.74. The molecule has 6 nitrogen and oxygen atoms in total. The Morgan fingerprint density at radius 3 is 2.30 bits per heavy atom. The van der Waals surface area contributed by atoms with E-state index in [1.54, 1.807) is 0 Å². The van der Waals surface area contributed by atoms with Crippen LogP contribution in [-0.2, 0) is 0 Å². The number of hydrogen-bond donors (Lipinski definition) is 2. The molecule has 2 N–H and O–H groups in total. The van der Waals surface area contributed by atoms with Crippen molar-refractivity contribution in [2.24, 2.45) is 0 Å². The van der Waals surface area contributed by atoms with Crippen molar-refractivity contribution < 1.29 is 9.59 Å². The molecule has 1 saturated carbocycles. The fourth-order valence-electron chi connectivity index (χ4n) is 4.71. The van der Waals surface area contributed by atoms with Crippen LogP contribution in [0, 0.1) is 13.8 Å². The number of carbonyl (C=O) groups excluding carboxylic acids is 2. The van der Waals surface area contributed by atoms with Crippen molar-refractivity contribution in [3.63, 3.8) is 0 Å². The highest BCUT2D eigenvalue weighted by atomic mass is 16.2. The van der Waals surface area contributed by atoms with E-state index in [-0.39, 0.29) is 18.0 Å². The Morgan fingerprint density at radius 2 is 1.60 bits per heavy atom. The lowest BCUT2D eigenvalue weighted by molar-refractivity contribution is 0.0710. The molecule has 2 heterocycles. The largest absolute Gasteiger partial charge is 0.338 e. The normalized spacial score (nSPS) is 18.4. The molecular weight excluding hydrogens is 376 g/mol. The monoisotopic (exact) mass is 408 g/mol. The highest BCUT2D eigenvalue weighted by Gasteiger charge is 2.26. The summed E-state index contributed by atoms with van der Waals surface area (Å²) in [6, 6.07) is 8.32. The van der Waals surface area contributed by atoms with Crippen molar-refractivity contribution >= 4 is 22.8 Å². The van der Waals surface area contributed by atoms with Gasteiger partial charge in [0.15, 0.2) is 0 Å². The lowest BCUT2D eigenvalue weighted by Crippen LogP contribution is -2.51. The van der Waals surface area contributed by atoms with Gasteiger partial charge in [-0.25, -0.2) is 4.79 Å². The van der Waals surface area contributed by atoms with Crippen LogP contribution in [-0.4, -0.2) is 47.0 Å². The molecule has 160 valence electrons. The van der Waals surface area contributed by atoms with Gasteiger partial charge in [-0.1, -0.05) is 30.9 Å². The SMILES string of the molecule is Cc1ccc2nc(C)cc(C(=O)N3CCC(NC(=O)NC4CCCCC4)CC3)c2c1. The lowest BCUT2D eigenvalue weighted by Gasteiger charge is -2.33. The van der Waals surface area contributed by atoms with Crippen LogP contribution in [0.5, 0.6) is 0 Å². The molecule has 0 bridgehead atoms. The molecule has 1 saturated heterocycles. The summed E-state index contributed by atoms with van der Waals surface area (Å²) in [5.74, 6) is 0.0567. The Hall–Kier alpha value is -2.63. The maximum Gasteiger partial charge on any atom is 0.315 e. The van der Waals surface area contributed by atoms with Crippen LogP contribution in [0.3, 0.4) is 0 Å². The molecule has 1 aliphatic carbocycles. The smallest absolute Gasteiger partial charge is 0.315 e. The molecule has 0 radical (unpaired) electrons. The Balaban J connectivity index is 1.36. The number of carbonyl (C=O) groups is 2. The number of hydrogen-bond acceptors (Lipinski definition) is 3. The zero-order valence-electron chi connectivity index (χ0n) is 18.0. The Bertz CT molecular complexity index is 928. The molecule has 4 rings (SSSR count). The predicted octanol–water partition coefficient (Wildman–Crippen LogP) is 4.09. The molecule has 3 amide bonds. The fourth-order valence-corrected chi connectivity index (χ4v) is 4.71. The molecule has 30 heavy (non-hydrogen) atoms. The number of aromatic nitrogens is 1. The van der Waals surface area contributed by atoms with E-state index in [4.69, 9.17) is 0 Å². The van der Waals surface area contributed by atoms with E-state index in [9.17, 15) is 9.59 Å². The summed E-state index contributed by atoms with van der Waals surface area (Å²) < 4.78 is 0. The van der Waals surface area contributed by atoms with Crippen LogP contribution in [0.4, 0.5) is 4.79 Å². The molecule has 1 aromatic heterocycles. The van der Waals surface area contributed by atoms with Gasteiger partial charge in [0.25, 0.3) is 5.91 Å². The van der Waals surface area contributed by atoms with Crippen molar-refractivity contribution in [1.29, 1.82) is 0 Å². The molecular formula is C24H32N4O2. The molecule has 1 aliphatic heterocycles. The van der Waals surface area contributed by atoms with Crippen LogP contribution in [0.25, 0.3) is 10.9 Å². The first-order chi connectivity index (χ1) is 14.5. The number of benzene rings is 1. The first kappa shape index (κ1) is 20.6. The van der Waals surface area contributed by atoms with Crippen LogP contribution >= 0.6 is 0 Å². The average Bonchev–Trinajstić information content (AvgIpc) is 2.74. The van der Waals surface area contributed by atoms with Gasteiger partial charge in [-0.05, 0) is 57.7 Å². The van der Waals surface area contributed by atoms with Crippen molar-refractivity contribution in [2.75, 3.05) is 13.1 Å². The van der Waals surface area contributed by atoms with Crippen molar-refractivity contribution in [3.8, 4) is 0 Å². The zero-order valence-corrected chi connectivity index (χ0v) is 18.0. The summed E-state index contributed by atoms with van der Waals surface area (Å²) in [6.07, 6.45) is 7.41. The van der Waals surface area contributed by atoms with E-state index in [1.807, 2.05) is 43.0 Å². The third-order valence-electron chi connectivity index (χ3n) is 6.38. The second-order valence-corrected chi connectivity index (χ2v) is 8.85. The zero-order chi connectivity index (χ0) is 21.1. The number of likely N-dealkylation sites (tertiary alicyclic amines) is 1. The lowest BCUT2D eigenvalue weighted by atomic mass is 9.96. The van der Waals surface area contributed by atoms with Crippen molar-refractivity contribution in [1.82, 2.24) is 20.5 Å². The number of amides is 3. The summed E-state index contributed by atoms with van der Waals surface area (Å²) in [4.78, 5) is 32.1. The number of urea groups is 1. The number of aryl methyl sites for hydroxylation is 2. The maximum atomic E-state index is 13.3. The summed E-state index contributed by atoms with van der Waals surface area (Å²) >= 11 is 0. The number of rotatable bonds is 3. The summed E-state index contributed by atoms with van der Waals surface area (Å²) in [5, 5.41) is 7.15. The molecule has 0 unspecified atom stereocenters. The minimum absolute atomic E-state index is 0.0567. The van der Waals surface area contributed by atoms with E-state index in [1.165, 1.54) is 19.3 Å².